The second-order valence-corrected chi connectivity index (χ2v) is 3.57. The molecule has 0 saturated heterocycles. The highest BCUT2D eigenvalue weighted by atomic mass is 16.5. The van der Waals surface area contributed by atoms with Crippen LogP contribution in [0, 0.1) is 0 Å². The molecule has 0 fully saturated rings. The summed E-state index contributed by atoms with van der Waals surface area (Å²) in [6.45, 7) is 6.11. The summed E-state index contributed by atoms with van der Waals surface area (Å²) >= 11 is 0. The first-order valence-corrected chi connectivity index (χ1v) is 5.91. The average molecular weight is 259 g/mol. The van der Waals surface area contributed by atoms with Crippen LogP contribution in [-0.4, -0.2) is 50.0 Å². The first-order valence-electron chi connectivity index (χ1n) is 5.91. The van der Waals surface area contributed by atoms with Gasteiger partial charge in [-0.15, -0.1) is 6.58 Å². The molecular weight excluding hydrogens is 238 g/mol. The molecule has 0 aliphatic heterocycles. The summed E-state index contributed by atoms with van der Waals surface area (Å²) in [5, 5.41) is 11.0. The molecule has 0 aromatic carbocycles. The van der Waals surface area contributed by atoms with Gasteiger partial charge in [-0.25, -0.2) is 0 Å². The van der Waals surface area contributed by atoms with E-state index in [1.54, 1.807) is 6.08 Å². The van der Waals surface area contributed by atoms with Crippen molar-refractivity contribution in [3.63, 3.8) is 0 Å². The van der Waals surface area contributed by atoms with Gasteiger partial charge in [0.05, 0.1) is 26.2 Å². The van der Waals surface area contributed by atoms with Crippen molar-refractivity contribution in [3.05, 3.63) is 12.7 Å². The fourth-order valence-corrected chi connectivity index (χ4v) is 1.10. The first-order chi connectivity index (χ1) is 8.66. The maximum atomic E-state index is 11.1. The third kappa shape index (κ3) is 12.7. The molecule has 18 heavy (non-hydrogen) atoms. The van der Waals surface area contributed by atoms with Crippen LogP contribution in [0.3, 0.4) is 0 Å². The summed E-state index contributed by atoms with van der Waals surface area (Å²) in [5.41, 5.74) is 0. The molecule has 0 radical (unpaired) electrons. The van der Waals surface area contributed by atoms with Crippen LogP contribution >= 0.6 is 0 Å². The zero-order valence-corrected chi connectivity index (χ0v) is 10.5. The van der Waals surface area contributed by atoms with Crippen molar-refractivity contribution >= 4 is 11.9 Å². The maximum Gasteiger partial charge on any atom is 0.303 e. The fraction of sp³-hybridized carbons (Fsp3) is 0.667. The minimum atomic E-state index is -0.965. The second-order valence-electron chi connectivity index (χ2n) is 3.57. The van der Waals surface area contributed by atoms with Gasteiger partial charge in [-0.2, -0.15) is 0 Å². The highest BCUT2D eigenvalue weighted by molar-refractivity contribution is 5.80. The van der Waals surface area contributed by atoms with E-state index in [4.69, 9.17) is 14.6 Å². The molecule has 0 aliphatic rings. The number of carbonyl (C=O) groups is 2. The van der Waals surface area contributed by atoms with Gasteiger partial charge in [-0.1, -0.05) is 6.08 Å². The molecule has 1 amide bonds. The van der Waals surface area contributed by atoms with Crippen molar-refractivity contribution in [2.75, 3.05) is 33.0 Å². The standard InChI is InChI=1S/C12H21NO5/c1-2-7-17-9-10-18-8-3-6-13-11(14)4-5-12(15)16/h2H,1,3-10H2,(H,13,14)(H,15,16). The van der Waals surface area contributed by atoms with Crippen LogP contribution < -0.4 is 5.32 Å². The molecule has 0 bridgehead atoms. The van der Waals surface area contributed by atoms with Gasteiger partial charge in [0.1, 0.15) is 0 Å². The van der Waals surface area contributed by atoms with E-state index < -0.39 is 5.97 Å². The lowest BCUT2D eigenvalue weighted by molar-refractivity contribution is -0.138. The van der Waals surface area contributed by atoms with E-state index in [1.165, 1.54) is 0 Å². The summed E-state index contributed by atoms with van der Waals surface area (Å²) in [4.78, 5) is 21.3. The number of nitrogens with one attached hydrogen (secondary N) is 1. The normalized spacial score (nSPS) is 10.0. The molecule has 6 heteroatoms. The number of ether oxygens (including phenoxy) is 2. The van der Waals surface area contributed by atoms with Crippen molar-refractivity contribution in [2.24, 2.45) is 0 Å². The average Bonchev–Trinajstić information content (AvgIpc) is 2.34. The zero-order chi connectivity index (χ0) is 13.6. The van der Waals surface area contributed by atoms with Gasteiger partial charge in [0, 0.05) is 19.6 Å². The van der Waals surface area contributed by atoms with Crippen LogP contribution in [0.15, 0.2) is 12.7 Å². The Balaban J connectivity index is 3.17. The van der Waals surface area contributed by atoms with Gasteiger partial charge < -0.3 is 19.9 Å². The summed E-state index contributed by atoms with van der Waals surface area (Å²) in [6.07, 6.45) is 2.25. The Bertz CT molecular complexity index is 255. The molecule has 0 rings (SSSR count). The number of amides is 1. The van der Waals surface area contributed by atoms with Crippen LogP contribution in [0.5, 0.6) is 0 Å². The number of carboxylic acids is 1. The van der Waals surface area contributed by atoms with E-state index in [1.807, 2.05) is 0 Å². The molecular formula is C12H21NO5. The molecule has 0 spiro atoms. The SMILES string of the molecule is C=CCOCCOCCCNC(=O)CCC(=O)O. The lowest BCUT2D eigenvalue weighted by Gasteiger charge is -2.05. The topological polar surface area (TPSA) is 84.9 Å². The van der Waals surface area contributed by atoms with Gasteiger partial charge in [0.15, 0.2) is 0 Å². The Morgan fingerprint density at radius 1 is 1.17 bits per heavy atom. The predicted molar refractivity (Wildman–Crippen MR) is 66.3 cm³/mol. The zero-order valence-electron chi connectivity index (χ0n) is 10.5. The maximum absolute atomic E-state index is 11.1. The molecule has 6 nitrogen and oxygen atoms in total. The quantitative estimate of drug-likeness (QED) is 0.395. The molecule has 0 aliphatic carbocycles. The van der Waals surface area contributed by atoms with E-state index in [0.29, 0.717) is 39.4 Å². The highest BCUT2D eigenvalue weighted by Crippen LogP contribution is 1.89. The molecule has 0 atom stereocenters. The van der Waals surface area contributed by atoms with Gasteiger partial charge in [0.2, 0.25) is 5.91 Å². The third-order valence-corrected chi connectivity index (χ3v) is 1.96. The lowest BCUT2D eigenvalue weighted by atomic mass is 10.3. The van der Waals surface area contributed by atoms with Crippen LogP contribution in [0.25, 0.3) is 0 Å². The van der Waals surface area contributed by atoms with Gasteiger partial charge >= 0.3 is 5.97 Å². The van der Waals surface area contributed by atoms with Gasteiger partial charge in [-0.05, 0) is 6.42 Å². The molecule has 0 saturated carbocycles. The van der Waals surface area contributed by atoms with Crippen molar-refractivity contribution in [1.29, 1.82) is 0 Å². The minimum Gasteiger partial charge on any atom is -0.481 e. The highest BCUT2D eigenvalue weighted by Gasteiger charge is 2.03. The predicted octanol–water partition coefficient (Wildman–Crippen LogP) is 0.577. The van der Waals surface area contributed by atoms with Crippen LogP contribution in [0.2, 0.25) is 0 Å². The molecule has 104 valence electrons. The van der Waals surface area contributed by atoms with Gasteiger partial charge in [0.25, 0.3) is 0 Å². The minimum absolute atomic E-state index is 0.0194. The number of carbonyl (C=O) groups excluding carboxylic acids is 1. The van der Waals surface area contributed by atoms with E-state index in [0.717, 1.165) is 0 Å². The number of carboxylic acid groups (broad SMARTS) is 1. The van der Waals surface area contributed by atoms with Crippen molar-refractivity contribution < 1.29 is 24.2 Å². The van der Waals surface area contributed by atoms with Crippen molar-refractivity contribution in [3.8, 4) is 0 Å². The smallest absolute Gasteiger partial charge is 0.303 e. The number of hydrogen-bond acceptors (Lipinski definition) is 4. The Labute approximate surface area is 107 Å². The fourth-order valence-electron chi connectivity index (χ4n) is 1.10. The second kappa shape index (κ2) is 12.1. The van der Waals surface area contributed by atoms with Crippen molar-refractivity contribution in [1.82, 2.24) is 5.32 Å². The number of rotatable bonds is 12. The molecule has 2 N–H and O–H groups in total. The van der Waals surface area contributed by atoms with E-state index in [2.05, 4.69) is 11.9 Å². The lowest BCUT2D eigenvalue weighted by Crippen LogP contribution is -2.25. The van der Waals surface area contributed by atoms with E-state index >= 15 is 0 Å². The Hall–Kier alpha value is -1.40. The van der Waals surface area contributed by atoms with Crippen molar-refractivity contribution in [2.45, 2.75) is 19.3 Å². The largest absolute Gasteiger partial charge is 0.481 e. The molecule has 0 unspecified atom stereocenters. The molecule has 0 aromatic rings. The number of aliphatic carboxylic acids is 1. The van der Waals surface area contributed by atoms with E-state index in [-0.39, 0.29) is 18.7 Å². The third-order valence-electron chi connectivity index (χ3n) is 1.96. The Morgan fingerprint density at radius 3 is 2.56 bits per heavy atom. The Morgan fingerprint density at radius 2 is 1.89 bits per heavy atom. The van der Waals surface area contributed by atoms with Crippen LogP contribution in [0.1, 0.15) is 19.3 Å². The first kappa shape index (κ1) is 16.6. The summed E-state index contributed by atoms with van der Waals surface area (Å²) in [6, 6.07) is 0. The van der Waals surface area contributed by atoms with Gasteiger partial charge in [-0.3, -0.25) is 9.59 Å². The monoisotopic (exact) mass is 259 g/mol. The van der Waals surface area contributed by atoms with E-state index in [9.17, 15) is 9.59 Å². The summed E-state index contributed by atoms with van der Waals surface area (Å²) in [7, 11) is 0. The Kier molecular flexibility index (Phi) is 11.1. The summed E-state index contributed by atoms with van der Waals surface area (Å²) in [5.74, 6) is -1.21. The summed E-state index contributed by atoms with van der Waals surface area (Å²) < 4.78 is 10.4. The molecule has 0 aromatic heterocycles. The van der Waals surface area contributed by atoms with Crippen LogP contribution in [-0.2, 0) is 19.1 Å². The number of hydrogen-bond donors (Lipinski definition) is 2. The van der Waals surface area contributed by atoms with Crippen LogP contribution in [0.4, 0.5) is 0 Å². The molecule has 0 heterocycles.